The summed E-state index contributed by atoms with van der Waals surface area (Å²) < 4.78 is 6.41. The van der Waals surface area contributed by atoms with E-state index in [0.717, 1.165) is 42.5 Å². The Morgan fingerprint density at radius 2 is 2.05 bits per heavy atom. The van der Waals surface area contributed by atoms with Crippen LogP contribution in [0.1, 0.15) is 29.6 Å². The SMILES string of the molecule is O=C(CCN1CCC(OCCO)CC1)c1ccccc1Br. The quantitative estimate of drug-likeness (QED) is 0.763. The van der Waals surface area contributed by atoms with Gasteiger partial charge in [-0.25, -0.2) is 0 Å². The van der Waals surface area contributed by atoms with Crippen LogP contribution in [0.2, 0.25) is 0 Å². The van der Waals surface area contributed by atoms with Gasteiger partial charge in [0.2, 0.25) is 0 Å². The van der Waals surface area contributed by atoms with Crippen molar-refractivity contribution >= 4 is 21.7 Å². The number of aliphatic hydroxyl groups excluding tert-OH is 1. The Morgan fingerprint density at radius 1 is 1.33 bits per heavy atom. The molecule has 0 atom stereocenters. The third-order valence-electron chi connectivity index (χ3n) is 3.81. The number of halogens is 1. The highest BCUT2D eigenvalue weighted by atomic mass is 79.9. The summed E-state index contributed by atoms with van der Waals surface area (Å²) in [5, 5.41) is 8.75. The van der Waals surface area contributed by atoms with Crippen LogP contribution >= 0.6 is 15.9 Å². The molecule has 1 aliphatic heterocycles. The van der Waals surface area contributed by atoms with Crippen molar-refractivity contribution in [2.75, 3.05) is 32.8 Å². The van der Waals surface area contributed by atoms with Crippen molar-refractivity contribution < 1.29 is 14.6 Å². The molecule has 1 heterocycles. The first-order chi connectivity index (χ1) is 10.2. The minimum atomic E-state index is 0.0840. The standard InChI is InChI=1S/C16H22BrNO3/c17-15-4-2-1-3-14(15)16(20)7-10-18-8-5-13(6-9-18)21-12-11-19/h1-4,13,19H,5-12H2. The van der Waals surface area contributed by atoms with Gasteiger partial charge in [-0.3, -0.25) is 4.79 Å². The lowest BCUT2D eigenvalue weighted by Gasteiger charge is -2.31. The maximum absolute atomic E-state index is 12.2. The molecule has 1 aliphatic rings. The first kappa shape index (κ1) is 16.6. The molecule has 5 heteroatoms. The molecule has 1 aromatic rings. The van der Waals surface area contributed by atoms with Crippen LogP contribution in [-0.4, -0.2) is 54.7 Å². The van der Waals surface area contributed by atoms with Gasteiger partial charge in [-0.2, -0.15) is 0 Å². The molecule has 0 saturated carbocycles. The van der Waals surface area contributed by atoms with E-state index in [9.17, 15) is 4.79 Å². The van der Waals surface area contributed by atoms with Crippen molar-refractivity contribution in [3.05, 3.63) is 34.3 Å². The molecule has 1 fully saturated rings. The van der Waals surface area contributed by atoms with Gasteiger partial charge in [0.25, 0.3) is 0 Å². The van der Waals surface area contributed by atoms with Crippen LogP contribution in [0.5, 0.6) is 0 Å². The highest BCUT2D eigenvalue weighted by Crippen LogP contribution is 2.19. The van der Waals surface area contributed by atoms with E-state index in [1.807, 2.05) is 24.3 Å². The summed E-state index contributed by atoms with van der Waals surface area (Å²) in [6.45, 7) is 3.22. The summed E-state index contributed by atoms with van der Waals surface area (Å²) in [7, 11) is 0. The lowest BCUT2D eigenvalue weighted by molar-refractivity contribution is -0.00760. The first-order valence-corrected chi connectivity index (χ1v) is 8.22. The number of nitrogens with zero attached hydrogens (tertiary/aromatic N) is 1. The summed E-state index contributed by atoms with van der Waals surface area (Å²) in [4.78, 5) is 14.5. The fraction of sp³-hybridized carbons (Fsp3) is 0.562. The summed E-state index contributed by atoms with van der Waals surface area (Å²) in [5.41, 5.74) is 0.763. The average Bonchev–Trinajstić information content (AvgIpc) is 2.52. The van der Waals surface area contributed by atoms with Gasteiger partial charge in [-0.05, 0) is 18.9 Å². The van der Waals surface area contributed by atoms with E-state index >= 15 is 0 Å². The normalized spacial score (nSPS) is 17.0. The van der Waals surface area contributed by atoms with Crippen LogP contribution in [0, 0.1) is 0 Å². The predicted molar refractivity (Wildman–Crippen MR) is 85.6 cm³/mol. The molecule has 0 radical (unpaired) electrons. The van der Waals surface area contributed by atoms with Crippen molar-refractivity contribution in [2.45, 2.75) is 25.4 Å². The van der Waals surface area contributed by atoms with Crippen LogP contribution in [0.15, 0.2) is 28.7 Å². The van der Waals surface area contributed by atoms with E-state index in [0.29, 0.717) is 13.0 Å². The number of carbonyl (C=O) groups excluding carboxylic acids is 1. The van der Waals surface area contributed by atoms with Gasteiger partial charge in [-0.15, -0.1) is 0 Å². The Bertz CT molecular complexity index is 459. The maximum atomic E-state index is 12.2. The minimum absolute atomic E-state index is 0.0840. The molecular weight excluding hydrogens is 334 g/mol. The number of piperidine rings is 1. The van der Waals surface area contributed by atoms with E-state index in [1.165, 1.54) is 0 Å². The molecule has 0 spiro atoms. The molecule has 1 N–H and O–H groups in total. The number of hydrogen-bond donors (Lipinski definition) is 1. The third-order valence-corrected chi connectivity index (χ3v) is 4.50. The second-order valence-corrected chi connectivity index (χ2v) is 6.14. The fourth-order valence-corrected chi connectivity index (χ4v) is 3.11. The van der Waals surface area contributed by atoms with Gasteiger partial charge in [0.1, 0.15) is 0 Å². The number of carbonyl (C=O) groups is 1. The van der Waals surface area contributed by atoms with Crippen LogP contribution in [0.25, 0.3) is 0 Å². The zero-order valence-corrected chi connectivity index (χ0v) is 13.7. The number of hydrogen-bond acceptors (Lipinski definition) is 4. The molecule has 2 rings (SSSR count). The average molecular weight is 356 g/mol. The predicted octanol–water partition coefficient (Wildman–Crippen LogP) is 2.50. The van der Waals surface area contributed by atoms with Gasteiger partial charge in [0.15, 0.2) is 5.78 Å². The second kappa shape index (κ2) is 8.63. The topological polar surface area (TPSA) is 49.8 Å². The van der Waals surface area contributed by atoms with Gasteiger partial charge in [0, 0.05) is 36.1 Å². The number of aliphatic hydroxyl groups is 1. The van der Waals surface area contributed by atoms with Gasteiger partial charge in [0.05, 0.1) is 19.3 Å². The molecule has 0 aliphatic carbocycles. The van der Waals surface area contributed by atoms with Crippen LogP contribution in [0.4, 0.5) is 0 Å². The maximum Gasteiger partial charge on any atom is 0.165 e. The monoisotopic (exact) mass is 355 g/mol. The van der Waals surface area contributed by atoms with E-state index in [1.54, 1.807) is 0 Å². The van der Waals surface area contributed by atoms with Crippen molar-refractivity contribution in [3.8, 4) is 0 Å². The van der Waals surface area contributed by atoms with Crippen molar-refractivity contribution in [2.24, 2.45) is 0 Å². The summed E-state index contributed by atoms with van der Waals surface area (Å²) >= 11 is 3.42. The van der Waals surface area contributed by atoms with Gasteiger partial charge in [-0.1, -0.05) is 34.1 Å². The summed E-state index contributed by atoms with van der Waals surface area (Å²) in [5.74, 6) is 0.182. The molecule has 0 aromatic heterocycles. The first-order valence-electron chi connectivity index (χ1n) is 7.43. The van der Waals surface area contributed by atoms with Gasteiger partial charge < -0.3 is 14.7 Å². The molecule has 1 aromatic carbocycles. The van der Waals surface area contributed by atoms with Crippen molar-refractivity contribution in [1.82, 2.24) is 4.90 Å². The Hall–Kier alpha value is -0.750. The zero-order chi connectivity index (χ0) is 15.1. The third kappa shape index (κ3) is 5.18. The molecule has 0 bridgehead atoms. The molecular formula is C16H22BrNO3. The van der Waals surface area contributed by atoms with E-state index in [4.69, 9.17) is 9.84 Å². The Kier molecular flexibility index (Phi) is 6.83. The lowest BCUT2D eigenvalue weighted by Crippen LogP contribution is -2.38. The Labute approximate surface area is 134 Å². The number of ether oxygens (including phenoxy) is 1. The molecule has 1 saturated heterocycles. The summed E-state index contributed by atoms with van der Waals surface area (Å²) in [6, 6.07) is 7.57. The van der Waals surface area contributed by atoms with Crippen LogP contribution in [0.3, 0.4) is 0 Å². The van der Waals surface area contributed by atoms with E-state index < -0.39 is 0 Å². The summed E-state index contributed by atoms with van der Waals surface area (Å²) in [6.07, 6.45) is 2.75. The van der Waals surface area contributed by atoms with Crippen LogP contribution in [-0.2, 0) is 4.74 Å². The van der Waals surface area contributed by atoms with Crippen LogP contribution < -0.4 is 0 Å². The molecule has 4 nitrogen and oxygen atoms in total. The zero-order valence-electron chi connectivity index (χ0n) is 12.1. The minimum Gasteiger partial charge on any atom is -0.394 e. The number of rotatable bonds is 7. The second-order valence-electron chi connectivity index (χ2n) is 5.29. The smallest absolute Gasteiger partial charge is 0.165 e. The number of ketones is 1. The molecule has 0 amide bonds. The number of Topliss-reactive ketones (excluding diaryl/α,β-unsaturated/α-hetero) is 1. The highest BCUT2D eigenvalue weighted by Gasteiger charge is 2.20. The number of likely N-dealkylation sites (tertiary alicyclic amines) is 1. The van der Waals surface area contributed by atoms with Crippen molar-refractivity contribution in [3.63, 3.8) is 0 Å². The van der Waals surface area contributed by atoms with E-state index in [2.05, 4.69) is 20.8 Å². The molecule has 0 unspecified atom stereocenters. The van der Waals surface area contributed by atoms with Crippen molar-refractivity contribution in [1.29, 1.82) is 0 Å². The fourth-order valence-electron chi connectivity index (χ4n) is 2.60. The Morgan fingerprint density at radius 3 is 2.71 bits per heavy atom. The van der Waals surface area contributed by atoms with Gasteiger partial charge >= 0.3 is 0 Å². The number of benzene rings is 1. The Balaban J connectivity index is 1.72. The molecule has 116 valence electrons. The van der Waals surface area contributed by atoms with E-state index in [-0.39, 0.29) is 18.5 Å². The lowest BCUT2D eigenvalue weighted by atomic mass is 10.1. The molecule has 21 heavy (non-hydrogen) atoms. The highest BCUT2D eigenvalue weighted by molar-refractivity contribution is 9.10. The largest absolute Gasteiger partial charge is 0.394 e.